The molecule has 2 aromatic rings. The lowest BCUT2D eigenvalue weighted by molar-refractivity contribution is -0.939. The van der Waals surface area contributed by atoms with E-state index in [0.29, 0.717) is 29.3 Å². The minimum Gasteiger partial charge on any atom is -1.00 e. The Morgan fingerprint density at radius 1 is 1.03 bits per heavy atom. The van der Waals surface area contributed by atoms with E-state index in [-0.39, 0.29) is 30.4 Å². The van der Waals surface area contributed by atoms with Gasteiger partial charge in [0.2, 0.25) is 0 Å². The van der Waals surface area contributed by atoms with E-state index in [0.717, 1.165) is 76.2 Å². The van der Waals surface area contributed by atoms with E-state index in [1.165, 1.54) is 12.1 Å². The Kier molecular flexibility index (Phi) is 8.30. The van der Waals surface area contributed by atoms with Gasteiger partial charge in [-0.1, -0.05) is 56.0 Å². The number of quaternary nitrogens is 1. The first-order chi connectivity index (χ1) is 17.0. The van der Waals surface area contributed by atoms with Crippen molar-refractivity contribution in [2.45, 2.75) is 62.9 Å². The van der Waals surface area contributed by atoms with Crippen molar-refractivity contribution in [1.29, 1.82) is 0 Å². The first-order valence-corrected chi connectivity index (χ1v) is 13.0. The number of ether oxygens (including phenoxy) is 1. The molecule has 1 atom stereocenters. The Morgan fingerprint density at radius 3 is 2.36 bits per heavy atom. The van der Waals surface area contributed by atoms with Gasteiger partial charge in [-0.05, 0) is 30.5 Å². The van der Waals surface area contributed by atoms with Gasteiger partial charge in [0.1, 0.15) is 18.2 Å². The van der Waals surface area contributed by atoms with Gasteiger partial charge in [0.05, 0.1) is 24.7 Å². The van der Waals surface area contributed by atoms with E-state index in [4.69, 9.17) is 4.74 Å². The number of amides is 1. The second-order valence-corrected chi connectivity index (χ2v) is 10.7. The molecule has 1 aromatic heterocycles. The lowest BCUT2D eigenvalue weighted by atomic mass is 9.74. The van der Waals surface area contributed by atoms with Crippen LogP contribution in [0.5, 0.6) is 0 Å². The van der Waals surface area contributed by atoms with Crippen LogP contribution in [0.25, 0.3) is 0 Å². The SMILES string of the molecule is O=C(C[N+]12CCC(CC1)[C@@H](OC(=O)C1(c3ccccc3)CCCCCC1)C2)Nc1ccc(F)cn1.[Cl-]. The molecule has 0 radical (unpaired) electrons. The normalized spacial score (nSPS) is 26.8. The van der Waals surface area contributed by atoms with Crippen LogP contribution in [0.1, 0.15) is 56.9 Å². The summed E-state index contributed by atoms with van der Waals surface area (Å²) >= 11 is 0. The minimum atomic E-state index is -0.569. The zero-order chi connectivity index (χ0) is 24.3. The third-order valence-electron chi connectivity index (χ3n) is 8.45. The van der Waals surface area contributed by atoms with Crippen LogP contribution in [-0.4, -0.2) is 53.6 Å². The highest BCUT2D eigenvalue weighted by atomic mass is 35.5. The lowest BCUT2D eigenvalue weighted by Crippen LogP contribution is -3.00. The van der Waals surface area contributed by atoms with Crippen LogP contribution in [-0.2, 0) is 19.7 Å². The van der Waals surface area contributed by atoms with Crippen LogP contribution in [0.15, 0.2) is 48.7 Å². The zero-order valence-electron chi connectivity index (χ0n) is 20.6. The van der Waals surface area contributed by atoms with Crippen LogP contribution in [0, 0.1) is 11.7 Å². The van der Waals surface area contributed by atoms with Crippen molar-refractivity contribution < 1.29 is 35.6 Å². The highest BCUT2D eigenvalue weighted by Gasteiger charge is 2.51. The topological polar surface area (TPSA) is 68.3 Å². The molecule has 36 heavy (non-hydrogen) atoms. The van der Waals surface area contributed by atoms with E-state index in [1.807, 2.05) is 18.2 Å². The van der Waals surface area contributed by atoms with E-state index in [9.17, 15) is 14.0 Å². The highest BCUT2D eigenvalue weighted by Crippen LogP contribution is 2.42. The zero-order valence-corrected chi connectivity index (χ0v) is 21.4. The van der Waals surface area contributed by atoms with Crippen molar-refractivity contribution in [3.05, 3.63) is 60.0 Å². The molecule has 0 unspecified atom stereocenters. The molecular formula is C28H35ClFN3O3. The van der Waals surface area contributed by atoms with Gasteiger partial charge >= 0.3 is 5.97 Å². The number of piperidine rings is 3. The number of fused-ring (bicyclic) bond motifs is 3. The summed E-state index contributed by atoms with van der Waals surface area (Å²) in [4.78, 5) is 30.6. The molecule has 6 rings (SSSR count). The number of anilines is 1. The van der Waals surface area contributed by atoms with Gasteiger partial charge < -0.3 is 26.9 Å². The monoisotopic (exact) mass is 515 g/mol. The Balaban J connectivity index is 0.00000304. The van der Waals surface area contributed by atoms with E-state index in [2.05, 4.69) is 22.4 Å². The van der Waals surface area contributed by atoms with Crippen LogP contribution in [0.3, 0.4) is 0 Å². The second kappa shape index (κ2) is 11.3. The van der Waals surface area contributed by atoms with Gasteiger partial charge in [-0.3, -0.25) is 9.59 Å². The number of aromatic nitrogens is 1. The standard InChI is InChI=1S/C28H34FN3O3.ClH/c29-23-10-11-25(30-18-23)31-26(33)20-32-16-12-21(13-17-32)24(19-32)35-27(34)28(14-6-1-2-7-15-28)22-8-4-3-5-9-22;/h3-5,8-11,18,21,24H,1-2,6-7,12-17,19-20H2;1H/t21?,24-,32?;/m0./s1. The number of pyridine rings is 1. The molecule has 0 spiro atoms. The first-order valence-electron chi connectivity index (χ1n) is 13.0. The number of hydrogen-bond donors (Lipinski definition) is 1. The largest absolute Gasteiger partial charge is 1.00 e. The van der Waals surface area contributed by atoms with E-state index in [1.54, 1.807) is 0 Å². The highest BCUT2D eigenvalue weighted by molar-refractivity contribution is 5.90. The fourth-order valence-electron chi connectivity index (χ4n) is 6.46. The number of benzene rings is 1. The summed E-state index contributed by atoms with van der Waals surface area (Å²) in [5, 5.41) is 2.79. The summed E-state index contributed by atoms with van der Waals surface area (Å²) in [6.45, 7) is 2.80. The quantitative estimate of drug-likeness (QED) is 0.360. The summed E-state index contributed by atoms with van der Waals surface area (Å²) in [5.74, 6) is 0.0538. The molecule has 1 N–H and O–H groups in total. The summed E-state index contributed by atoms with van der Waals surface area (Å²) in [6, 6.07) is 12.9. The number of carbonyl (C=O) groups is 2. The van der Waals surface area contributed by atoms with Crippen LogP contribution < -0.4 is 17.7 Å². The lowest BCUT2D eigenvalue weighted by Gasteiger charge is -2.52. The molecule has 194 valence electrons. The minimum absolute atomic E-state index is 0. The summed E-state index contributed by atoms with van der Waals surface area (Å²) < 4.78 is 20.1. The van der Waals surface area contributed by atoms with Gasteiger partial charge in [-0.25, -0.2) is 9.37 Å². The number of carbonyl (C=O) groups excluding carboxylic acids is 2. The number of nitrogens with zero attached hydrogens (tertiary/aromatic N) is 2. The van der Waals surface area contributed by atoms with Gasteiger partial charge in [-0.15, -0.1) is 0 Å². The van der Waals surface area contributed by atoms with Gasteiger partial charge in [0, 0.05) is 18.8 Å². The van der Waals surface area contributed by atoms with Gasteiger partial charge in [0.25, 0.3) is 5.91 Å². The van der Waals surface area contributed by atoms with Gasteiger partial charge in [-0.2, -0.15) is 0 Å². The molecule has 2 bridgehead atoms. The molecule has 1 aromatic carbocycles. The average Bonchev–Trinajstić information content (AvgIpc) is 3.14. The molecule has 4 heterocycles. The fraction of sp³-hybridized carbons (Fsp3) is 0.536. The van der Waals surface area contributed by atoms with Crippen LogP contribution >= 0.6 is 0 Å². The number of nitrogens with one attached hydrogen (secondary N) is 1. The van der Waals surface area contributed by atoms with E-state index >= 15 is 0 Å². The Hall–Kier alpha value is -2.51. The van der Waals surface area contributed by atoms with Crippen molar-refractivity contribution in [3.63, 3.8) is 0 Å². The first kappa shape index (κ1) is 26.6. The van der Waals surface area contributed by atoms with Crippen LogP contribution in [0.2, 0.25) is 0 Å². The predicted octanol–water partition coefficient (Wildman–Crippen LogP) is 1.61. The molecule has 6 nitrogen and oxygen atoms in total. The predicted molar refractivity (Wildman–Crippen MR) is 131 cm³/mol. The number of esters is 1. The molecule has 4 aliphatic rings. The number of hydrogen-bond acceptors (Lipinski definition) is 4. The molecule has 1 aliphatic carbocycles. The van der Waals surface area contributed by atoms with E-state index < -0.39 is 11.2 Å². The van der Waals surface area contributed by atoms with Crippen molar-refractivity contribution in [2.75, 3.05) is 31.5 Å². The van der Waals surface area contributed by atoms with Gasteiger partial charge in [0.15, 0.2) is 12.6 Å². The van der Waals surface area contributed by atoms with Crippen molar-refractivity contribution in [2.24, 2.45) is 5.92 Å². The van der Waals surface area contributed by atoms with Crippen molar-refractivity contribution in [1.82, 2.24) is 4.98 Å². The molecule has 1 saturated carbocycles. The maximum atomic E-state index is 13.9. The summed E-state index contributed by atoms with van der Waals surface area (Å²) in [6.07, 6.45) is 8.91. The maximum absolute atomic E-state index is 13.9. The fourth-order valence-corrected chi connectivity index (χ4v) is 6.46. The second-order valence-electron chi connectivity index (χ2n) is 10.7. The third-order valence-corrected chi connectivity index (χ3v) is 8.45. The molecule has 1 amide bonds. The summed E-state index contributed by atoms with van der Waals surface area (Å²) in [7, 11) is 0. The Labute approximate surface area is 218 Å². The number of halogens is 2. The van der Waals surface area contributed by atoms with Crippen molar-refractivity contribution in [3.8, 4) is 0 Å². The average molecular weight is 516 g/mol. The molecular weight excluding hydrogens is 481 g/mol. The maximum Gasteiger partial charge on any atom is 0.317 e. The Morgan fingerprint density at radius 2 is 1.72 bits per heavy atom. The molecule has 4 fully saturated rings. The Bertz CT molecular complexity index is 1030. The summed E-state index contributed by atoms with van der Waals surface area (Å²) in [5.41, 5.74) is 0.503. The molecule has 8 heteroatoms. The molecule has 3 aliphatic heterocycles. The van der Waals surface area contributed by atoms with Crippen molar-refractivity contribution >= 4 is 17.7 Å². The van der Waals surface area contributed by atoms with Crippen LogP contribution in [0.4, 0.5) is 10.2 Å². The molecule has 3 saturated heterocycles. The third kappa shape index (κ3) is 5.57. The smallest absolute Gasteiger partial charge is 0.317 e. The number of rotatable bonds is 6.